The Morgan fingerprint density at radius 3 is 2.31 bits per heavy atom. The van der Waals surface area contributed by atoms with Crippen LogP contribution in [0, 0.1) is 13.8 Å². The number of ether oxygens (including phenoxy) is 1. The van der Waals surface area contributed by atoms with Gasteiger partial charge in [-0.1, -0.05) is 24.6 Å². The van der Waals surface area contributed by atoms with Gasteiger partial charge in [0, 0.05) is 43.9 Å². The minimum absolute atomic E-state index is 0.0549. The second-order valence-corrected chi connectivity index (χ2v) is 12.1. The highest BCUT2D eigenvalue weighted by atomic mass is 32.2. The van der Waals surface area contributed by atoms with Gasteiger partial charge in [-0.3, -0.25) is 4.79 Å². The van der Waals surface area contributed by atoms with Crippen molar-refractivity contribution in [1.82, 2.24) is 9.21 Å². The molecule has 0 atom stereocenters. The third kappa shape index (κ3) is 5.18. The number of carbonyl (C=O) groups excluding carboxylic acids is 1. The van der Waals surface area contributed by atoms with Gasteiger partial charge < -0.3 is 9.64 Å². The average molecular weight is 477 g/mol. The fourth-order valence-electron chi connectivity index (χ4n) is 4.46. The Morgan fingerprint density at radius 2 is 1.66 bits per heavy atom. The second-order valence-electron chi connectivity index (χ2n) is 8.78. The minimum Gasteiger partial charge on any atom is -0.490 e. The highest BCUT2D eigenvalue weighted by Gasteiger charge is 2.29. The summed E-state index contributed by atoms with van der Waals surface area (Å²) in [5.74, 6) is 1.01. The number of benzene rings is 1. The van der Waals surface area contributed by atoms with Gasteiger partial charge in [0.15, 0.2) is 0 Å². The van der Waals surface area contributed by atoms with E-state index in [1.54, 1.807) is 16.4 Å². The molecule has 0 bridgehead atoms. The molecule has 0 aliphatic carbocycles. The molecule has 0 radical (unpaired) electrons. The van der Waals surface area contributed by atoms with E-state index in [1.807, 2.05) is 11.0 Å². The van der Waals surface area contributed by atoms with Gasteiger partial charge >= 0.3 is 0 Å². The van der Waals surface area contributed by atoms with Crippen molar-refractivity contribution in [2.45, 2.75) is 62.7 Å². The summed E-state index contributed by atoms with van der Waals surface area (Å²) in [5, 5.41) is 0. The number of hydrogen-bond donors (Lipinski definition) is 0. The zero-order valence-electron chi connectivity index (χ0n) is 18.9. The van der Waals surface area contributed by atoms with Gasteiger partial charge in [0.2, 0.25) is 5.91 Å². The molecule has 2 aliphatic rings. The maximum absolute atomic E-state index is 12.8. The van der Waals surface area contributed by atoms with Gasteiger partial charge in [0.1, 0.15) is 16.1 Å². The maximum atomic E-state index is 12.8. The quantitative estimate of drug-likeness (QED) is 0.628. The van der Waals surface area contributed by atoms with Crippen molar-refractivity contribution in [1.29, 1.82) is 0 Å². The molecular formula is C24H32N2O4S2. The topological polar surface area (TPSA) is 66.9 Å². The Hall–Kier alpha value is -1.90. The smallest absolute Gasteiger partial charge is 0.252 e. The molecule has 2 aromatic rings. The highest BCUT2D eigenvalue weighted by Crippen LogP contribution is 2.29. The lowest BCUT2D eigenvalue weighted by atomic mass is 10.1. The molecule has 0 N–H and O–H groups in total. The SMILES string of the molecule is Cc1cccc(C)c1OC1CCN(C(=O)Cc2ccc(S(=O)(=O)N3CCCCC3)s2)CC1. The van der Waals surface area contributed by atoms with Crippen molar-refractivity contribution < 1.29 is 17.9 Å². The van der Waals surface area contributed by atoms with E-state index in [0.717, 1.165) is 53.9 Å². The number of amides is 1. The molecular weight excluding hydrogens is 444 g/mol. The van der Waals surface area contributed by atoms with Crippen molar-refractivity contribution in [3.8, 4) is 5.75 Å². The van der Waals surface area contributed by atoms with Crippen molar-refractivity contribution >= 4 is 27.3 Å². The summed E-state index contributed by atoms with van der Waals surface area (Å²) in [7, 11) is -3.44. The number of aryl methyl sites for hydroxylation is 2. The van der Waals surface area contributed by atoms with Gasteiger partial charge in [-0.2, -0.15) is 4.31 Å². The molecule has 0 spiro atoms. The summed E-state index contributed by atoms with van der Waals surface area (Å²) in [5.41, 5.74) is 2.27. The second kappa shape index (κ2) is 9.93. The number of rotatable bonds is 6. The normalized spacial score (nSPS) is 18.6. The van der Waals surface area contributed by atoms with Crippen molar-refractivity contribution in [2.75, 3.05) is 26.2 Å². The van der Waals surface area contributed by atoms with E-state index in [9.17, 15) is 13.2 Å². The Balaban J connectivity index is 1.31. The third-order valence-electron chi connectivity index (χ3n) is 6.36. The van der Waals surface area contributed by atoms with Gasteiger partial charge in [-0.05, 0) is 49.9 Å². The molecule has 0 saturated carbocycles. The monoisotopic (exact) mass is 476 g/mol. The van der Waals surface area contributed by atoms with Crippen LogP contribution in [-0.4, -0.2) is 55.8 Å². The summed E-state index contributed by atoms with van der Waals surface area (Å²) < 4.78 is 33.9. The fraction of sp³-hybridized carbons (Fsp3) is 0.542. The molecule has 32 heavy (non-hydrogen) atoms. The molecule has 2 aliphatic heterocycles. The molecule has 8 heteroatoms. The summed E-state index contributed by atoms with van der Waals surface area (Å²) in [6.07, 6.45) is 4.89. The standard InChI is InChI=1S/C24H32N2O4S2/c1-18-7-6-8-19(2)24(18)30-20-11-15-25(16-12-20)22(27)17-21-9-10-23(31-21)32(28,29)26-13-4-3-5-14-26/h6-10,20H,3-5,11-17H2,1-2H3. The number of piperidine rings is 2. The van der Waals surface area contributed by atoms with E-state index in [1.165, 1.54) is 11.3 Å². The van der Waals surface area contributed by atoms with Gasteiger partial charge in [-0.25, -0.2) is 8.42 Å². The first kappa shape index (κ1) is 23.3. The van der Waals surface area contributed by atoms with Crippen LogP contribution in [0.4, 0.5) is 0 Å². The van der Waals surface area contributed by atoms with E-state index in [0.29, 0.717) is 30.4 Å². The van der Waals surface area contributed by atoms with Crippen molar-refractivity contribution in [3.63, 3.8) is 0 Å². The van der Waals surface area contributed by atoms with Gasteiger partial charge in [0.05, 0.1) is 6.42 Å². The number of likely N-dealkylation sites (tertiary alicyclic amines) is 1. The van der Waals surface area contributed by atoms with Crippen LogP contribution in [0.15, 0.2) is 34.5 Å². The Kier molecular flexibility index (Phi) is 7.22. The predicted molar refractivity (Wildman–Crippen MR) is 127 cm³/mol. The first-order valence-corrected chi connectivity index (χ1v) is 13.7. The van der Waals surface area contributed by atoms with E-state index < -0.39 is 10.0 Å². The van der Waals surface area contributed by atoms with Crippen LogP contribution in [0.1, 0.15) is 48.1 Å². The number of carbonyl (C=O) groups is 1. The van der Waals surface area contributed by atoms with Crippen LogP contribution in [-0.2, 0) is 21.2 Å². The lowest BCUT2D eigenvalue weighted by Gasteiger charge is -2.32. The van der Waals surface area contributed by atoms with Crippen LogP contribution in [0.5, 0.6) is 5.75 Å². The number of para-hydroxylation sites is 1. The predicted octanol–water partition coefficient (Wildman–Crippen LogP) is 4.15. The first-order valence-electron chi connectivity index (χ1n) is 11.4. The van der Waals surface area contributed by atoms with Crippen molar-refractivity contribution in [2.24, 2.45) is 0 Å². The summed E-state index contributed by atoms with van der Waals surface area (Å²) >= 11 is 1.23. The third-order valence-corrected chi connectivity index (χ3v) is 9.81. The average Bonchev–Trinajstić information content (AvgIpc) is 3.27. The molecule has 174 valence electrons. The number of sulfonamides is 1. The zero-order valence-corrected chi connectivity index (χ0v) is 20.5. The van der Waals surface area contributed by atoms with E-state index >= 15 is 0 Å². The van der Waals surface area contributed by atoms with Crippen LogP contribution in [0.25, 0.3) is 0 Å². The lowest BCUT2D eigenvalue weighted by molar-refractivity contribution is -0.132. The Bertz CT molecular complexity index is 1030. The molecule has 3 heterocycles. The summed E-state index contributed by atoms with van der Waals surface area (Å²) in [6.45, 7) is 6.63. The first-order chi connectivity index (χ1) is 15.3. The van der Waals surface area contributed by atoms with Crippen LogP contribution >= 0.6 is 11.3 Å². The Labute approximate surface area is 195 Å². The number of hydrogen-bond acceptors (Lipinski definition) is 5. The molecule has 2 fully saturated rings. The molecule has 2 saturated heterocycles. The van der Waals surface area contributed by atoms with Gasteiger partial charge in [-0.15, -0.1) is 11.3 Å². The number of thiophene rings is 1. The zero-order chi connectivity index (χ0) is 22.7. The minimum atomic E-state index is -3.44. The van der Waals surface area contributed by atoms with E-state index in [-0.39, 0.29) is 18.4 Å². The van der Waals surface area contributed by atoms with E-state index in [2.05, 4.69) is 26.0 Å². The molecule has 0 unspecified atom stereocenters. The molecule has 6 nitrogen and oxygen atoms in total. The van der Waals surface area contributed by atoms with Crippen LogP contribution in [0.3, 0.4) is 0 Å². The summed E-state index contributed by atoms with van der Waals surface area (Å²) in [4.78, 5) is 15.5. The number of nitrogens with zero attached hydrogens (tertiary/aromatic N) is 2. The highest BCUT2D eigenvalue weighted by molar-refractivity contribution is 7.91. The lowest BCUT2D eigenvalue weighted by Crippen LogP contribution is -2.42. The van der Waals surface area contributed by atoms with E-state index in [4.69, 9.17) is 4.74 Å². The molecule has 1 amide bonds. The van der Waals surface area contributed by atoms with Crippen LogP contribution < -0.4 is 4.74 Å². The Morgan fingerprint density at radius 1 is 1.00 bits per heavy atom. The van der Waals surface area contributed by atoms with Crippen molar-refractivity contribution in [3.05, 3.63) is 46.3 Å². The summed E-state index contributed by atoms with van der Waals surface area (Å²) in [6, 6.07) is 9.59. The van der Waals surface area contributed by atoms with Crippen LogP contribution in [0.2, 0.25) is 0 Å². The molecule has 1 aromatic carbocycles. The maximum Gasteiger partial charge on any atom is 0.252 e. The molecule has 4 rings (SSSR count). The molecule has 1 aromatic heterocycles. The largest absolute Gasteiger partial charge is 0.490 e. The van der Waals surface area contributed by atoms with Gasteiger partial charge in [0.25, 0.3) is 10.0 Å². The fourth-order valence-corrected chi connectivity index (χ4v) is 7.48.